The van der Waals surface area contributed by atoms with Gasteiger partial charge < -0.3 is 4.74 Å². The minimum atomic E-state index is -4.33. The van der Waals surface area contributed by atoms with E-state index >= 15 is 0 Å². The van der Waals surface area contributed by atoms with E-state index in [4.69, 9.17) is 0 Å². The van der Waals surface area contributed by atoms with E-state index in [1.807, 2.05) is 20.8 Å². The molecule has 1 heterocycles. The van der Waals surface area contributed by atoms with Crippen molar-refractivity contribution in [3.63, 3.8) is 0 Å². The van der Waals surface area contributed by atoms with Crippen molar-refractivity contribution in [3.8, 4) is 5.88 Å². The van der Waals surface area contributed by atoms with Gasteiger partial charge in [-0.25, -0.2) is 4.98 Å². The lowest BCUT2D eigenvalue weighted by Gasteiger charge is -2.12. The van der Waals surface area contributed by atoms with E-state index < -0.39 is 12.8 Å². The zero-order valence-electron chi connectivity index (χ0n) is 9.43. The molecule has 2 nitrogen and oxygen atoms in total. The largest absolute Gasteiger partial charge is 0.468 e. The van der Waals surface area contributed by atoms with Crippen molar-refractivity contribution in [2.75, 3.05) is 6.61 Å². The SMILES string of the molecule is Cc1ccc(OCC(F)(F)F)nc1C(C)C. The summed E-state index contributed by atoms with van der Waals surface area (Å²) in [6.45, 7) is 4.43. The summed E-state index contributed by atoms with van der Waals surface area (Å²) < 4.78 is 40.4. The maximum absolute atomic E-state index is 11.9. The number of alkyl halides is 3. The van der Waals surface area contributed by atoms with Gasteiger partial charge in [0.2, 0.25) is 5.88 Å². The molecule has 0 atom stereocenters. The Bertz CT molecular complexity index is 361. The minimum Gasteiger partial charge on any atom is -0.468 e. The van der Waals surface area contributed by atoms with E-state index in [1.54, 1.807) is 6.07 Å². The molecule has 16 heavy (non-hydrogen) atoms. The van der Waals surface area contributed by atoms with Crippen LogP contribution in [-0.2, 0) is 0 Å². The van der Waals surface area contributed by atoms with E-state index in [-0.39, 0.29) is 11.8 Å². The number of hydrogen-bond acceptors (Lipinski definition) is 2. The molecular formula is C11H14F3NO. The predicted molar refractivity (Wildman–Crippen MR) is 54.6 cm³/mol. The molecule has 0 saturated carbocycles. The molecule has 0 amide bonds. The number of halogens is 3. The molecule has 1 rings (SSSR count). The van der Waals surface area contributed by atoms with E-state index in [0.29, 0.717) is 0 Å². The van der Waals surface area contributed by atoms with E-state index in [9.17, 15) is 13.2 Å². The van der Waals surface area contributed by atoms with Crippen molar-refractivity contribution in [1.82, 2.24) is 4.98 Å². The summed E-state index contributed by atoms with van der Waals surface area (Å²) in [4.78, 5) is 4.05. The Morgan fingerprint density at radius 2 is 1.94 bits per heavy atom. The average Bonchev–Trinajstić information content (AvgIpc) is 2.14. The molecule has 1 aromatic rings. The lowest BCUT2D eigenvalue weighted by Crippen LogP contribution is -2.19. The highest BCUT2D eigenvalue weighted by Crippen LogP contribution is 2.21. The highest BCUT2D eigenvalue weighted by atomic mass is 19.4. The van der Waals surface area contributed by atoms with Gasteiger partial charge in [-0.15, -0.1) is 0 Å². The zero-order chi connectivity index (χ0) is 12.3. The van der Waals surface area contributed by atoms with Gasteiger partial charge in [-0.05, 0) is 18.4 Å². The van der Waals surface area contributed by atoms with Crippen LogP contribution in [0.25, 0.3) is 0 Å². The zero-order valence-corrected chi connectivity index (χ0v) is 9.43. The lowest BCUT2D eigenvalue weighted by molar-refractivity contribution is -0.154. The van der Waals surface area contributed by atoms with Gasteiger partial charge in [-0.2, -0.15) is 13.2 Å². The van der Waals surface area contributed by atoms with Crippen molar-refractivity contribution < 1.29 is 17.9 Å². The van der Waals surface area contributed by atoms with E-state index in [0.717, 1.165) is 11.3 Å². The first-order valence-corrected chi connectivity index (χ1v) is 4.96. The maximum Gasteiger partial charge on any atom is 0.422 e. The Morgan fingerprint density at radius 3 is 2.44 bits per heavy atom. The number of aromatic nitrogens is 1. The van der Waals surface area contributed by atoms with Crippen molar-refractivity contribution >= 4 is 0 Å². The fraction of sp³-hybridized carbons (Fsp3) is 0.545. The summed E-state index contributed by atoms with van der Waals surface area (Å²) >= 11 is 0. The molecule has 0 N–H and O–H groups in total. The molecule has 0 saturated heterocycles. The Labute approximate surface area is 92.5 Å². The number of pyridine rings is 1. The van der Waals surface area contributed by atoms with Crippen molar-refractivity contribution in [2.45, 2.75) is 32.9 Å². The molecule has 1 aromatic heterocycles. The van der Waals surface area contributed by atoms with Gasteiger partial charge in [0.25, 0.3) is 0 Å². The molecule has 0 aliphatic carbocycles. The fourth-order valence-electron chi connectivity index (χ4n) is 1.35. The minimum absolute atomic E-state index is 0.0200. The van der Waals surface area contributed by atoms with Crippen LogP contribution in [0.1, 0.15) is 31.0 Å². The van der Waals surface area contributed by atoms with Crippen LogP contribution in [-0.4, -0.2) is 17.8 Å². The Balaban J connectivity index is 2.79. The summed E-state index contributed by atoms with van der Waals surface area (Å²) in [6, 6.07) is 3.17. The Hall–Kier alpha value is -1.26. The van der Waals surface area contributed by atoms with Crippen LogP contribution in [0.4, 0.5) is 13.2 Å². The smallest absolute Gasteiger partial charge is 0.422 e. The number of aryl methyl sites for hydroxylation is 1. The third-order valence-electron chi connectivity index (χ3n) is 2.04. The topological polar surface area (TPSA) is 22.1 Å². The van der Waals surface area contributed by atoms with Crippen LogP contribution < -0.4 is 4.74 Å². The molecular weight excluding hydrogens is 219 g/mol. The van der Waals surface area contributed by atoms with Gasteiger partial charge in [0.15, 0.2) is 6.61 Å². The van der Waals surface area contributed by atoms with Gasteiger partial charge >= 0.3 is 6.18 Å². The summed E-state index contributed by atoms with van der Waals surface area (Å²) in [5.74, 6) is 0.182. The highest BCUT2D eigenvalue weighted by molar-refractivity contribution is 5.26. The number of rotatable bonds is 3. The number of hydrogen-bond donors (Lipinski definition) is 0. The van der Waals surface area contributed by atoms with Crippen LogP contribution >= 0.6 is 0 Å². The first-order chi connectivity index (χ1) is 7.29. The predicted octanol–water partition coefficient (Wildman–Crippen LogP) is 3.45. The molecule has 0 aromatic carbocycles. The second-order valence-electron chi connectivity index (χ2n) is 3.91. The first kappa shape index (κ1) is 12.8. The normalized spacial score (nSPS) is 11.9. The molecule has 0 spiro atoms. The van der Waals surface area contributed by atoms with Crippen molar-refractivity contribution in [2.24, 2.45) is 0 Å². The quantitative estimate of drug-likeness (QED) is 0.797. The standard InChI is InChI=1S/C11H14F3NO/c1-7(2)10-8(3)4-5-9(15-10)16-6-11(12,13)14/h4-5,7H,6H2,1-3H3. The van der Waals surface area contributed by atoms with Crippen LogP contribution in [0.3, 0.4) is 0 Å². The van der Waals surface area contributed by atoms with Crippen molar-refractivity contribution in [3.05, 3.63) is 23.4 Å². The first-order valence-electron chi connectivity index (χ1n) is 4.96. The number of nitrogens with zero attached hydrogens (tertiary/aromatic N) is 1. The molecule has 0 aliphatic heterocycles. The van der Waals surface area contributed by atoms with Crippen molar-refractivity contribution in [1.29, 1.82) is 0 Å². The second-order valence-corrected chi connectivity index (χ2v) is 3.91. The average molecular weight is 233 g/mol. The third-order valence-corrected chi connectivity index (χ3v) is 2.04. The molecule has 0 aliphatic rings. The molecule has 0 fully saturated rings. The van der Waals surface area contributed by atoms with E-state index in [1.165, 1.54) is 6.07 Å². The molecule has 90 valence electrons. The fourth-order valence-corrected chi connectivity index (χ4v) is 1.35. The summed E-state index contributed by atoms with van der Waals surface area (Å²) in [6.07, 6.45) is -4.33. The summed E-state index contributed by atoms with van der Waals surface area (Å²) in [7, 11) is 0. The molecule has 0 unspecified atom stereocenters. The molecule has 0 bridgehead atoms. The number of ether oxygens (including phenoxy) is 1. The summed E-state index contributed by atoms with van der Waals surface area (Å²) in [5, 5.41) is 0. The van der Waals surface area contributed by atoms with Crippen LogP contribution in [0.5, 0.6) is 5.88 Å². The molecule has 5 heteroatoms. The van der Waals surface area contributed by atoms with Gasteiger partial charge in [-0.3, -0.25) is 0 Å². The van der Waals surface area contributed by atoms with Crippen LogP contribution in [0.15, 0.2) is 12.1 Å². The third kappa shape index (κ3) is 3.72. The summed E-state index contributed by atoms with van der Waals surface area (Å²) in [5.41, 5.74) is 1.72. The van der Waals surface area contributed by atoms with Gasteiger partial charge in [0, 0.05) is 11.8 Å². The van der Waals surface area contributed by atoms with Gasteiger partial charge in [0.1, 0.15) is 0 Å². The van der Waals surface area contributed by atoms with Crippen LogP contribution in [0, 0.1) is 6.92 Å². The van der Waals surface area contributed by atoms with E-state index in [2.05, 4.69) is 9.72 Å². The Kier molecular flexibility index (Phi) is 3.78. The second kappa shape index (κ2) is 4.72. The molecule has 0 radical (unpaired) electrons. The monoisotopic (exact) mass is 233 g/mol. The van der Waals surface area contributed by atoms with Crippen LogP contribution in [0.2, 0.25) is 0 Å². The van der Waals surface area contributed by atoms with Gasteiger partial charge in [0.05, 0.1) is 0 Å². The lowest BCUT2D eigenvalue weighted by atomic mass is 10.1. The Morgan fingerprint density at radius 1 is 1.31 bits per heavy atom. The highest BCUT2D eigenvalue weighted by Gasteiger charge is 2.28. The van der Waals surface area contributed by atoms with Gasteiger partial charge in [-0.1, -0.05) is 19.9 Å². The maximum atomic E-state index is 11.9.